The minimum absolute atomic E-state index is 0.0318. The maximum absolute atomic E-state index is 12.0. The van der Waals surface area contributed by atoms with Gasteiger partial charge in [-0.25, -0.2) is 0 Å². The van der Waals surface area contributed by atoms with Crippen LogP contribution in [0.25, 0.3) is 0 Å². The molecule has 4 nitrogen and oxygen atoms in total. The third-order valence-corrected chi connectivity index (χ3v) is 18.1. The van der Waals surface area contributed by atoms with Crippen molar-refractivity contribution in [2.24, 2.45) is 11.8 Å². The van der Waals surface area contributed by atoms with Gasteiger partial charge in [-0.2, -0.15) is 0 Å². The smallest absolute Gasteiger partial charge is 0.305 e. The Labute approximate surface area is 234 Å². The van der Waals surface area contributed by atoms with Crippen molar-refractivity contribution in [2.75, 3.05) is 13.7 Å². The first-order valence-electron chi connectivity index (χ1n) is 14.5. The Bertz CT molecular complexity index is 907. The Morgan fingerprint density at radius 1 is 0.816 bits per heavy atom. The third kappa shape index (κ3) is 7.68. The quantitative estimate of drug-likeness (QED) is 0.172. The van der Waals surface area contributed by atoms with Crippen molar-refractivity contribution >= 4 is 33.0 Å². The topological polar surface area (TPSA) is 44.8 Å². The fourth-order valence-electron chi connectivity index (χ4n) is 5.81. The minimum Gasteiger partial charge on any atom is -0.469 e. The molecule has 0 bridgehead atoms. The van der Waals surface area contributed by atoms with Gasteiger partial charge < -0.3 is 13.6 Å². The van der Waals surface area contributed by atoms with E-state index in [2.05, 4.69) is 116 Å². The van der Waals surface area contributed by atoms with Gasteiger partial charge in [0.15, 0.2) is 8.32 Å². The molecule has 0 aliphatic heterocycles. The zero-order valence-corrected chi connectivity index (χ0v) is 27.4. The summed E-state index contributed by atoms with van der Waals surface area (Å²) < 4.78 is 19.4. The van der Waals surface area contributed by atoms with Gasteiger partial charge in [-0.3, -0.25) is 4.79 Å². The van der Waals surface area contributed by atoms with Gasteiger partial charge in [0.2, 0.25) is 0 Å². The Morgan fingerprint density at radius 3 is 1.68 bits per heavy atom. The van der Waals surface area contributed by atoms with Crippen molar-refractivity contribution in [1.82, 2.24) is 0 Å². The first kappa shape index (κ1) is 32.5. The number of carbonyl (C=O) groups is 1. The van der Waals surface area contributed by atoms with Crippen molar-refractivity contribution < 1.29 is 18.4 Å². The minimum atomic E-state index is -2.64. The van der Waals surface area contributed by atoms with Gasteiger partial charge in [0.05, 0.1) is 13.2 Å². The second-order valence-corrected chi connectivity index (χ2v) is 20.9. The van der Waals surface area contributed by atoms with E-state index >= 15 is 0 Å². The molecule has 0 radical (unpaired) electrons. The summed E-state index contributed by atoms with van der Waals surface area (Å²) in [6.45, 7) is 18.9. The molecule has 0 fully saturated rings. The summed E-state index contributed by atoms with van der Waals surface area (Å²) in [5, 5.41) is 2.51. The number of benzene rings is 2. The zero-order chi connectivity index (χ0) is 28.4. The van der Waals surface area contributed by atoms with Crippen LogP contribution in [0, 0.1) is 11.8 Å². The first-order valence-corrected chi connectivity index (χ1v) is 18.9. The van der Waals surface area contributed by atoms with Crippen molar-refractivity contribution in [3.05, 3.63) is 60.7 Å². The summed E-state index contributed by atoms with van der Waals surface area (Å²) in [6.07, 6.45) is 1.20. The van der Waals surface area contributed by atoms with Crippen LogP contribution in [-0.2, 0) is 18.4 Å². The van der Waals surface area contributed by atoms with E-state index in [1.165, 1.54) is 17.5 Å². The highest BCUT2D eigenvalue weighted by Crippen LogP contribution is 2.38. The van der Waals surface area contributed by atoms with Crippen LogP contribution in [0.5, 0.6) is 0 Å². The highest BCUT2D eigenvalue weighted by molar-refractivity contribution is 6.99. The van der Waals surface area contributed by atoms with Crippen LogP contribution >= 0.6 is 0 Å². The van der Waals surface area contributed by atoms with Crippen LogP contribution in [-0.4, -0.2) is 42.4 Å². The molecule has 0 saturated carbocycles. The molecular formula is C32H52O4Si2. The monoisotopic (exact) mass is 556 g/mol. The number of carbonyl (C=O) groups excluding carboxylic acids is 1. The lowest BCUT2D eigenvalue weighted by Crippen LogP contribution is -2.67. The van der Waals surface area contributed by atoms with Crippen molar-refractivity contribution in [3.63, 3.8) is 0 Å². The second kappa shape index (κ2) is 14.6. The molecule has 6 heteroatoms. The average molecular weight is 557 g/mol. The molecule has 38 heavy (non-hydrogen) atoms. The molecule has 0 amide bonds. The largest absolute Gasteiger partial charge is 0.469 e. The molecule has 2 rings (SSSR count). The summed E-state index contributed by atoms with van der Waals surface area (Å²) in [5.74, 6) is 0.251. The van der Waals surface area contributed by atoms with Crippen LogP contribution in [0.4, 0.5) is 0 Å². The number of methoxy groups -OCH3 is 1. The highest BCUT2D eigenvalue weighted by Gasteiger charge is 2.50. The molecule has 0 spiro atoms. The number of hydrogen-bond donors (Lipinski definition) is 0. The lowest BCUT2D eigenvalue weighted by molar-refractivity contribution is -0.141. The SMILES string of the molecule is CC[Si](CC)(CC)O[C@@H]([C@H](C)CCC(=O)OC)[C@@H](C)CO[Si](c1ccccc1)(c1ccccc1)C(C)(C)C. The summed E-state index contributed by atoms with van der Waals surface area (Å²) in [5.41, 5.74) is 0. The van der Waals surface area contributed by atoms with Crippen LogP contribution in [0.2, 0.25) is 23.2 Å². The number of rotatable bonds is 15. The standard InChI is InChI=1S/C32H52O4Si2/c1-10-37(11-2,12-3)36-31(26(4)23-24-30(33)34-9)27(5)25-35-38(32(6,7)8,28-19-15-13-16-20-28)29-21-17-14-18-22-29/h13-22,26-27,31H,10-12,23-25H2,1-9H3/t26-,27+,31+/m1/s1. The maximum atomic E-state index is 12.0. The first-order chi connectivity index (χ1) is 18.0. The summed E-state index contributed by atoms with van der Waals surface area (Å²) in [6, 6.07) is 24.9. The molecular weight excluding hydrogens is 505 g/mol. The van der Waals surface area contributed by atoms with Crippen molar-refractivity contribution in [1.29, 1.82) is 0 Å². The highest BCUT2D eigenvalue weighted by atomic mass is 28.4. The van der Waals surface area contributed by atoms with Crippen molar-refractivity contribution in [2.45, 2.75) is 97.5 Å². The Hall–Kier alpha value is -1.74. The van der Waals surface area contributed by atoms with Gasteiger partial charge in [0, 0.05) is 18.9 Å². The predicted molar refractivity (Wildman–Crippen MR) is 165 cm³/mol. The summed E-state index contributed by atoms with van der Waals surface area (Å²) in [4.78, 5) is 12.0. The molecule has 0 N–H and O–H groups in total. The van der Waals surface area contributed by atoms with E-state index in [0.717, 1.165) is 24.6 Å². The molecule has 0 aromatic heterocycles. The molecule has 0 saturated heterocycles. The van der Waals surface area contributed by atoms with E-state index in [1.54, 1.807) is 0 Å². The van der Waals surface area contributed by atoms with Gasteiger partial charge in [-0.1, -0.05) is 116 Å². The Kier molecular flexibility index (Phi) is 12.5. The normalized spacial score (nSPS) is 15.1. The third-order valence-electron chi connectivity index (χ3n) is 8.45. The lowest BCUT2D eigenvalue weighted by Gasteiger charge is -2.45. The van der Waals surface area contributed by atoms with E-state index in [1.807, 2.05) is 0 Å². The fourth-order valence-corrected chi connectivity index (χ4v) is 13.5. The molecule has 0 heterocycles. The number of hydrogen-bond acceptors (Lipinski definition) is 4. The number of ether oxygens (including phenoxy) is 1. The van der Waals surface area contributed by atoms with E-state index in [9.17, 15) is 4.79 Å². The Morgan fingerprint density at radius 2 is 1.29 bits per heavy atom. The molecule has 2 aromatic carbocycles. The maximum Gasteiger partial charge on any atom is 0.305 e. The van der Waals surface area contributed by atoms with Crippen molar-refractivity contribution in [3.8, 4) is 0 Å². The van der Waals surface area contributed by atoms with E-state index in [0.29, 0.717) is 13.0 Å². The van der Waals surface area contributed by atoms with Gasteiger partial charge in [0.25, 0.3) is 8.32 Å². The summed E-state index contributed by atoms with van der Waals surface area (Å²) >= 11 is 0. The molecule has 212 valence electrons. The van der Waals surface area contributed by atoms with Gasteiger partial charge in [-0.05, 0) is 45.9 Å². The lowest BCUT2D eigenvalue weighted by atomic mass is 9.90. The van der Waals surface area contributed by atoms with Gasteiger partial charge in [0.1, 0.15) is 0 Å². The average Bonchev–Trinajstić information content (AvgIpc) is 2.93. The van der Waals surface area contributed by atoms with Crippen LogP contribution in [0.1, 0.15) is 68.2 Å². The molecule has 0 aliphatic carbocycles. The summed E-state index contributed by atoms with van der Waals surface area (Å²) in [7, 11) is -3.04. The molecule has 3 atom stereocenters. The fraction of sp³-hybridized carbons (Fsp3) is 0.594. The van der Waals surface area contributed by atoms with Crippen LogP contribution in [0.3, 0.4) is 0 Å². The van der Waals surface area contributed by atoms with E-state index < -0.39 is 16.6 Å². The van der Waals surface area contributed by atoms with Gasteiger partial charge in [-0.15, -0.1) is 0 Å². The Balaban J connectivity index is 2.47. The van der Waals surface area contributed by atoms with Crippen LogP contribution < -0.4 is 10.4 Å². The molecule has 2 aromatic rings. The predicted octanol–water partition coefficient (Wildman–Crippen LogP) is 7.18. The van der Waals surface area contributed by atoms with Crippen LogP contribution in [0.15, 0.2) is 60.7 Å². The molecule has 0 aliphatic rings. The van der Waals surface area contributed by atoms with E-state index in [-0.39, 0.29) is 28.9 Å². The second-order valence-electron chi connectivity index (χ2n) is 11.9. The number of esters is 1. The molecule has 0 unspecified atom stereocenters. The van der Waals surface area contributed by atoms with E-state index in [4.69, 9.17) is 13.6 Å². The van der Waals surface area contributed by atoms with Gasteiger partial charge >= 0.3 is 5.97 Å². The zero-order valence-electron chi connectivity index (χ0n) is 25.4.